The van der Waals surface area contributed by atoms with Gasteiger partial charge in [0, 0.05) is 0 Å². The van der Waals surface area contributed by atoms with Gasteiger partial charge in [0.1, 0.15) is 0 Å². The zero-order valence-corrected chi connectivity index (χ0v) is 13.2. The van der Waals surface area contributed by atoms with Gasteiger partial charge in [0.25, 0.3) is 0 Å². The van der Waals surface area contributed by atoms with Crippen molar-refractivity contribution in [3.05, 3.63) is 88.0 Å². The summed E-state index contributed by atoms with van der Waals surface area (Å²) in [6.07, 6.45) is 9.11. The van der Waals surface area contributed by atoms with Gasteiger partial charge in [-0.15, -0.1) is 0 Å². The van der Waals surface area contributed by atoms with Gasteiger partial charge in [-0.25, -0.2) is 0 Å². The van der Waals surface area contributed by atoms with Crippen LogP contribution in [0.1, 0.15) is 37.0 Å². The molecule has 0 atom stereocenters. The molecule has 22 heavy (non-hydrogen) atoms. The minimum Gasteiger partial charge on any atom is -0.0772 e. The van der Waals surface area contributed by atoms with Crippen LogP contribution in [0.2, 0.25) is 0 Å². The summed E-state index contributed by atoms with van der Waals surface area (Å²) in [6.45, 7) is 4.41. The summed E-state index contributed by atoms with van der Waals surface area (Å²) in [6, 6.07) is 15.5. The number of rotatable bonds is 2. The third kappa shape index (κ3) is 2.16. The Morgan fingerprint density at radius 3 is 2.64 bits per heavy atom. The van der Waals surface area contributed by atoms with E-state index in [1.807, 2.05) is 0 Å². The molecule has 2 aliphatic rings. The maximum atomic E-state index is 2.36. The zero-order chi connectivity index (χ0) is 15.1. The molecule has 2 aromatic rings. The smallest absolute Gasteiger partial charge is 0.000750 e. The van der Waals surface area contributed by atoms with Crippen LogP contribution in [0, 0.1) is 0 Å². The Labute approximate surface area is 132 Å². The Morgan fingerprint density at radius 1 is 1.00 bits per heavy atom. The maximum absolute atomic E-state index is 2.36. The van der Waals surface area contributed by atoms with Crippen molar-refractivity contribution in [2.75, 3.05) is 0 Å². The van der Waals surface area contributed by atoms with Crippen LogP contribution in [0.25, 0.3) is 17.2 Å². The van der Waals surface area contributed by atoms with Crippen LogP contribution in [-0.4, -0.2) is 0 Å². The number of benzene rings is 2. The lowest BCUT2D eigenvalue weighted by Crippen LogP contribution is -1.88. The van der Waals surface area contributed by atoms with Gasteiger partial charge in [0.2, 0.25) is 0 Å². The number of hydrogen-bond donors (Lipinski definition) is 0. The van der Waals surface area contributed by atoms with Crippen molar-refractivity contribution in [1.29, 1.82) is 0 Å². The Morgan fingerprint density at radius 2 is 1.82 bits per heavy atom. The SMILES string of the molecule is CC1=CCC(C(C)=Cc2cccc3c2Cc2ccccc2-3)=C1. The molecule has 0 heteroatoms. The van der Waals surface area contributed by atoms with Crippen LogP contribution in [0.3, 0.4) is 0 Å². The lowest BCUT2D eigenvalue weighted by Gasteiger charge is -2.07. The molecule has 0 N–H and O–H groups in total. The molecule has 0 nitrogen and oxygen atoms in total. The molecule has 0 aliphatic heterocycles. The zero-order valence-electron chi connectivity index (χ0n) is 13.2. The molecule has 108 valence electrons. The molecule has 0 heterocycles. The molecule has 0 bridgehead atoms. The lowest BCUT2D eigenvalue weighted by atomic mass is 9.97. The van der Waals surface area contributed by atoms with Crippen LogP contribution in [0.4, 0.5) is 0 Å². The van der Waals surface area contributed by atoms with Crippen molar-refractivity contribution in [2.45, 2.75) is 26.7 Å². The minimum absolute atomic E-state index is 1.06. The quantitative estimate of drug-likeness (QED) is 0.546. The normalized spacial score (nSPS) is 16.2. The summed E-state index contributed by atoms with van der Waals surface area (Å²) in [5.74, 6) is 0. The molecule has 0 saturated carbocycles. The number of fused-ring (bicyclic) bond motifs is 3. The highest BCUT2D eigenvalue weighted by Crippen LogP contribution is 2.39. The van der Waals surface area contributed by atoms with E-state index in [1.165, 1.54) is 44.5 Å². The van der Waals surface area contributed by atoms with Crippen molar-refractivity contribution >= 4 is 6.08 Å². The topological polar surface area (TPSA) is 0 Å². The summed E-state index contributed by atoms with van der Waals surface area (Å²) in [5, 5.41) is 0. The molecule has 0 saturated heterocycles. The van der Waals surface area contributed by atoms with Crippen molar-refractivity contribution in [3.8, 4) is 11.1 Å². The first-order chi connectivity index (χ1) is 10.7. The van der Waals surface area contributed by atoms with Crippen molar-refractivity contribution < 1.29 is 0 Å². The predicted molar refractivity (Wildman–Crippen MR) is 94.8 cm³/mol. The predicted octanol–water partition coefficient (Wildman–Crippen LogP) is 5.94. The first kappa shape index (κ1) is 13.3. The number of hydrogen-bond acceptors (Lipinski definition) is 0. The molecule has 0 aromatic heterocycles. The fraction of sp³-hybridized carbons (Fsp3) is 0.182. The van der Waals surface area contributed by atoms with Gasteiger partial charge in [0.15, 0.2) is 0 Å². The Balaban J connectivity index is 1.75. The molecule has 0 unspecified atom stereocenters. The Kier molecular flexibility index (Phi) is 3.11. The first-order valence-electron chi connectivity index (χ1n) is 7.98. The molecule has 4 rings (SSSR count). The molecule has 2 aromatic carbocycles. The molecular formula is C22H20. The highest BCUT2D eigenvalue weighted by molar-refractivity contribution is 5.81. The van der Waals surface area contributed by atoms with Crippen LogP contribution in [-0.2, 0) is 6.42 Å². The minimum atomic E-state index is 1.06. The molecule has 2 aliphatic carbocycles. The molecule has 0 fully saturated rings. The standard InChI is InChI=1S/C22H20/c1-15-10-11-17(12-15)16(2)13-18-7-5-9-21-20-8-4-3-6-19(20)14-22(18)21/h3-10,12-13H,11,14H2,1-2H3. The second-order valence-corrected chi connectivity index (χ2v) is 6.36. The van der Waals surface area contributed by atoms with Crippen molar-refractivity contribution in [2.24, 2.45) is 0 Å². The van der Waals surface area contributed by atoms with Gasteiger partial charge in [-0.2, -0.15) is 0 Å². The summed E-state index contributed by atoms with van der Waals surface area (Å²) in [5.41, 5.74) is 11.3. The average molecular weight is 284 g/mol. The van der Waals surface area contributed by atoms with E-state index >= 15 is 0 Å². The van der Waals surface area contributed by atoms with E-state index in [4.69, 9.17) is 0 Å². The maximum Gasteiger partial charge on any atom is -0.000750 e. The fourth-order valence-corrected chi connectivity index (χ4v) is 3.58. The van der Waals surface area contributed by atoms with Crippen LogP contribution in [0.5, 0.6) is 0 Å². The van der Waals surface area contributed by atoms with Crippen molar-refractivity contribution in [3.63, 3.8) is 0 Å². The third-order valence-electron chi connectivity index (χ3n) is 4.81. The lowest BCUT2D eigenvalue weighted by molar-refractivity contribution is 1.23. The summed E-state index contributed by atoms with van der Waals surface area (Å²) in [4.78, 5) is 0. The monoisotopic (exact) mass is 284 g/mol. The second kappa shape index (κ2) is 5.14. The van der Waals surface area contributed by atoms with E-state index in [9.17, 15) is 0 Å². The van der Waals surface area contributed by atoms with Crippen LogP contribution >= 0.6 is 0 Å². The Bertz CT molecular complexity index is 844. The summed E-state index contributed by atoms with van der Waals surface area (Å²) < 4.78 is 0. The van der Waals surface area contributed by atoms with Gasteiger partial charge in [0.05, 0.1) is 0 Å². The second-order valence-electron chi connectivity index (χ2n) is 6.36. The van der Waals surface area contributed by atoms with Gasteiger partial charge >= 0.3 is 0 Å². The van der Waals surface area contributed by atoms with E-state index in [0.29, 0.717) is 0 Å². The van der Waals surface area contributed by atoms with Crippen LogP contribution < -0.4 is 0 Å². The van der Waals surface area contributed by atoms with Crippen molar-refractivity contribution in [1.82, 2.24) is 0 Å². The third-order valence-corrected chi connectivity index (χ3v) is 4.81. The molecule has 0 spiro atoms. The fourth-order valence-electron chi connectivity index (χ4n) is 3.58. The van der Waals surface area contributed by atoms with Gasteiger partial charge in [-0.1, -0.05) is 66.3 Å². The van der Waals surface area contributed by atoms with Gasteiger partial charge in [-0.3, -0.25) is 0 Å². The van der Waals surface area contributed by atoms with Gasteiger partial charge in [-0.05, 0) is 65.7 Å². The van der Waals surface area contributed by atoms with E-state index in [1.54, 1.807) is 0 Å². The molecule has 0 amide bonds. The first-order valence-corrected chi connectivity index (χ1v) is 7.98. The van der Waals surface area contributed by atoms with E-state index in [2.05, 4.69) is 74.5 Å². The summed E-state index contributed by atoms with van der Waals surface area (Å²) >= 11 is 0. The van der Waals surface area contributed by atoms with E-state index < -0.39 is 0 Å². The highest BCUT2D eigenvalue weighted by atomic mass is 14.2. The highest BCUT2D eigenvalue weighted by Gasteiger charge is 2.19. The van der Waals surface area contributed by atoms with E-state index in [-0.39, 0.29) is 0 Å². The van der Waals surface area contributed by atoms with Crippen LogP contribution in [0.15, 0.2) is 71.3 Å². The largest absolute Gasteiger partial charge is 0.0772 e. The Hall–Kier alpha value is -2.34. The average Bonchev–Trinajstić information content (AvgIpc) is 3.12. The number of allylic oxidation sites excluding steroid dienone is 5. The molecular weight excluding hydrogens is 264 g/mol. The summed E-state index contributed by atoms with van der Waals surface area (Å²) in [7, 11) is 0. The van der Waals surface area contributed by atoms with E-state index in [0.717, 1.165) is 12.8 Å². The molecule has 0 radical (unpaired) electrons. The van der Waals surface area contributed by atoms with Gasteiger partial charge < -0.3 is 0 Å².